The number of hydrogen-bond donors (Lipinski definition) is 1. The molecule has 0 bridgehead atoms. The zero-order valence-electron chi connectivity index (χ0n) is 9.57. The van der Waals surface area contributed by atoms with E-state index in [0.29, 0.717) is 0 Å². The van der Waals surface area contributed by atoms with E-state index in [9.17, 15) is 9.90 Å². The van der Waals surface area contributed by atoms with Gasteiger partial charge in [-0.3, -0.25) is 9.69 Å². The molecule has 0 aromatic heterocycles. The van der Waals surface area contributed by atoms with E-state index in [-0.39, 0.29) is 5.91 Å². The maximum atomic E-state index is 11.8. The molecule has 4 nitrogen and oxygen atoms in total. The summed E-state index contributed by atoms with van der Waals surface area (Å²) in [6, 6.07) is 0.782. The summed E-state index contributed by atoms with van der Waals surface area (Å²) < 4.78 is 0. The van der Waals surface area contributed by atoms with Crippen LogP contribution in [0.5, 0.6) is 0 Å². The Morgan fingerprint density at radius 3 is 2.13 bits per heavy atom. The highest BCUT2D eigenvalue weighted by atomic mass is 16.3. The minimum Gasteiger partial charge on any atom is -0.381 e. The number of rotatable bonds is 2. The van der Waals surface area contributed by atoms with Gasteiger partial charge in [-0.25, -0.2) is 0 Å². The fraction of sp³-hybridized carbons (Fsp3) is 0.909. The highest BCUT2D eigenvalue weighted by Crippen LogP contribution is 2.27. The van der Waals surface area contributed by atoms with E-state index in [1.807, 2.05) is 0 Å². The molecule has 1 N–H and O–H groups in total. The average Bonchev–Trinajstić information content (AvgIpc) is 2.99. The molecule has 86 valence electrons. The lowest BCUT2D eigenvalue weighted by Crippen LogP contribution is -2.54. The molecule has 0 aromatic rings. The normalized spacial score (nSPS) is 24.3. The molecule has 0 atom stereocenters. The Balaban J connectivity index is 1.84. The number of piperazine rings is 1. The van der Waals surface area contributed by atoms with E-state index in [1.54, 1.807) is 18.7 Å². The second-order valence-corrected chi connectivity index (χ2v) is 5.12. The van der Waals surface area contributed by atoms with E-state index in [1.165, 1.54) is 12.8 Å². The fourth-order valence-corrected chi connectivity index (χ4v) is 2.12. The van der Waals surface area contributed by atoms with E-state index in [4.69, 9.17) is 0 Å². The monoisotopic (exact) mass is 212 g/mol. The maximum Gasteiger partial charge on any atom is 0.254 e. The van der Waals surface area contributed by atoms with Crippen molar-refractivity contribution in [3.63, 3.8) is 0 Å². The molecular weight excluding hydrogens is 192 g/mol. The van der Waals surface area contributed by atoms with Gasteiger partial charge in [-0.15, -0.1) is 0 Å². The molecule has 0 aromatic carbocycles. The maximum absolute atomic E-state index is 11.8. The lowest BCUT2D eigenvalue weighted by Gasteiger charge is -2.37. The molecule has 2 fully saturated rings. The predicted molar refractivity (Wildman–Crippen MR) is 57.5 cm³/mol. The van der Waals surface area contributed by atoms with Crippen molar-refractivity contribution >= 4 is 5.91 Å². The molecule has 1 saturated carbocycles. The summed E-state index contributed by atoms with van der Waals surface area (Å²) in [6.07, 6.45) is 2.64. The van der Waals surface area contributed by atoms with E-state index < -0.39 is 5.60 Å². The van der Waals surface area contributed by atoms with Crippen molar-refractivity contribution < 1.29 is 9.90 Å². The van der Waals surface area contributed by atoms with E-state index >= 15 is 0 Å². The van der Waals surface area contributed by atoms with Gasteiger partial charge in [-0.2, -0.15) is 0 Å². The van der Waals surface area contributed by atoms with Gasteiger partial charge in [0, 0.05) is 32.2 Å². The minimum absolute atomic E-state index is 0.141. The number of carbonyl (C=O) groups is 1. The van der Waals surface area contributed by atoms with Crippen LogP contribution in [0, 0.1) is 0 Å². The van der Waals surface area contributed by atoms with Crippen molar-refractivity contribution in [2.24, 2.45) is 0 Å². The van der Waals surface area contributed by atoms with Crippen molar-refractivity contribution in [1.82, 2.24) is 9.80 Å². The van der Waals surface area contributed by atoms with Gasteiger partial charge in [0.25, 0.3) is 5.91 Å². The largest absolute Gasteiger partial charge is 0.381 e. The third-order valence-corrected chi connectivity index (χ3v) is 3.19. The molecule has 0 spiro atoms. The zero-order chi connectivity index (χ0) is 11.1. The molecule has 1 aliphatic carbocycles. The lowest BCUT2D eigenvalue weighted by atomic mass is 10.1. The van der Waals surface area contributed by atoms with Gasteiger partial charge in [0.1, 0.15) is 5.60 Å². The lowest BCUT2D eigenvalue weighted by molar-refractivity contribution is -0.149. The molecule has 1 saturated heterocycles. The first-order valence-electron chi connectivity index (χ1n) is 5.74. The topological polar surface area (TPSA) is 43.8 Å². The molecule has 2 aliphatic rings. The van der Waals surface area contributed by atoms with Crippen LogP contribution >= 0.6 is 0 Å². The fourth-order valence-electron chi connectivity index (χ4n) is 2.12. The van der Waals surface area contributed by atoms with Gasteiger partial charge < -0.3 is 10.0 Å². The summed E-state index contributed by atoms with van der Waals surface area (Å²) in [5.74, 6) is -0.141. The van der Waals surface area contributed by atoms with Crippen LogP contribution in [0.2, 0.25) is 0 Å². The molecule has 1 amide bonds. The summed E-state index contributed by atoms with van der Waals surface area (Å²) in [7, 11) is 0. The molecule has 0 unspecified atom stereocenters. The zero-order valence-corrected chi connectivity index (χ0v) is 9.57. The Hall–Kier alpha value is -0.610. The standard InChI is InChI=1S/C11H20N2O2/c1-11(2,15)10(14)13-7-5-12(6-8-13)9-3-4-9/h9,15H,3-8H2,1-2H3. The molecular formula is C11H20N2O2. The number of aliphatic hydroxyl groups is 1. The number of nitrogens with zero attached hydrogens (tertiary/aromatic N) is 2. The minimum atomic E-state index is -1.22. The molecule has 1 aliphatic heterocycles. The van der Waals surface area contributed by atoms with Gasteiger partial charge in [0.15, 0.2) is 0 Å². The van der Waals surface area contributed by atoms with Crippen molar-refractivity contribution in [2.75, 3.05) is 26.2 Å². The number of carbonyl (C=O) groups excluding carboxylic acids is 1. The van der Waals surface area contributed by atoms with Crippen LogP contribution < -0.4 is 0 Å². The Kier molecular flexibility index (Phi) is 2.73. The van der Waals surface area contributed by atoms with Crippen LogP contribution in [-0.4, -0.2) is 58.6 Å². The van der Waals surface area contributed by atoms with Crippen LogP contribution in [0.15, 0.2) is 0 Å². The molecule has 4 heteroatoms. The van der Waals surface area contributed by atoms with Gasteiger partial charge in [-0.1, -0.05) is 0 Å². The van der Waals surface area contributed by atoms with E-state index in [2.05, 4.69) is 4.90 Å². The van der Waals surface area contributed by atoms with Gasteiger partial charge >= 0.3 is 0 Å². The summed E-state index contributed by atoms with van der Waals surface area (Å²) >= 11 is 0. The highest BCUT2D eigenvalue weighted by Gasteiger charge is 2.35. The first-order valence-corrected chi connectivity index (χ1v) is 5.74. The first kappa shape index (κ1) is 10.9. The Labute approximate surface area is 90.9 Å². The summed E-state index contributed by atoms with van der Waals surface area (Å²) in [5, 5.41) is 9.62. The molecule has 2 rings (SSSR count). The second kappa shape index (κ2) is 3.76. The number of amides is 1. The molecule has 0 radical (unpaired) electrons. The third kappa shape index (κ3) is 2.49. The molecule has 15 heavy (non-hydrogen) atoms. The Bertz CT molecular complexity index is 248. The van der Waals surface area contributed by atoms with Crippen molar-refractivity contribution in [3.05, 3.63) is 0 Å². The smallest absolute Gasteiger partial charge is 0.254 e. The van der Waals surface area contributed by atoms with Gasteiger partial charge in [0.2, 0.25) is 0 Å². The van der Waals surface area contributed by atoms with Crippen molar-refractivity contribution in [2.45, 2.75) is 38.3 Å². The van der Waals surface area contributed by atoms with Crippen LogP contribution in [0.4, 0.5) is 0 Å². The first-order chi connectivity index (χ1) is 6.98. The quantitative estimate of drug-likeness (QED) is 0.704. The van der Waals surface area contributed by atoms with Crippen LogP contribution in [0.25, 0.3) is 0 Å². The van der Waals surface area contributed by atoms with Gasteiger partial charge in [-0.05, 0) is 26.7 Å². The predicted octanol–water partition coefficient (Wildman–Crippen LogP) is 0.0639. The average molecular weight is 212 g/mol. The van der Waals surface area contributed by atoms with Crippen molar-refractivity contribution in [1.29, 1.82) is 0 Å². The second-order valence-electron chi connectivity index (χ2n) is 5.12. The number of hydrogen-bond acceptors (Lipinski definition) is 3. The van der Waals surface area contributed by atoms with Gasteiger partial charge in [0.05, 0.1) is 0 Å². The van der Waals surface area contributed by atoms with Crippen LogP contribution in [0.3, 0.4) is 0 Å². The summed E-state index contributed by atoms with van der Waals surface area (Å²) in [6.45, 7) is 6.57. The Morgan fingerprint density at radius 2 is 1.73 bits per heavy atom. The molecule has 1 heterocycles. The SMILES string of the molecule is CC(C)(O)C(=O)N1CCN(C2CC2)CC1. The third-order valence-electron chi connectivity index (χ3n) is 3.19. The summed E-state index contributed by atoms with van der Waals surface area (Å²) in [5.41, 5.74) is -1.22. The van der Waals surface area contributed by atoms with Crippen LogP contribution in [-0.2, 0) is 4.79 Å². The highest BCUT2D eigenvalue weighted by molar-refractivity contribution is 5.84. The Morgan fingerprint density at radius 1 is 1.20 bits per heavy atom. The summed E-state index contributed by atoms with van der Waals surface area (Å²) in [4.78, 5) is 16.0. The van der Waals surface area contributed by atoms with Crippen LogP contribution in [0.1, 0.15) is 26.7 Å². The van der Waals surface area contributed by atoms with E-state index in [0.717, 1.165) is 32.2 Å². The van der Waals surface area contributed by atoms with Crippen molar-refractivity contribution in [3.8, 4) is 0 Å².